The van der Waals surface area contributed by atoms with Crippen LogP contribution in [0, 0.1) is 11.3 Å². The smallest absolute Gasteiger partial charge is 0.308 e. The summed E-state index contributed by atoms with van der Waals surface area (Å²) in [5.41, 5.74) is -0.472. The van der Waals surface area contributed by atoms with Crippen molar-refractivity contribution >= 4 is 52.5 Å². The molecule has 9 heteroatoms. The predicted molar refractivity (Wildman–Crippen MR) is 122 cm³/mol. The number of hydrogen-bond donors (Lipinski definition) is 1. The number of esters is 1. The van der Waals surface area contributed by atoms with Gasteiger partial charge in [0.25, 0.3) is 5.91 Å². The van der Waals surface area contributed by atoms with Crippen molar-refractivity contribution in [3.8, 4) is 0 Å². The Hall–Kier alpha value is -2.12. The molecule has 0 radical (unpaired) electrons. The number of nitrogens with one attached hydrogen (secondary N) is 1. The molecule has 0 aromatic heterocycles. The number of unbranched alkanes of at least 4 members (excludes halogenated alkanes) is 1. The molecule has 7 nitrogen and oxygen atoms in total. The van der Waals surface area contributed by atoms with E-state index in [1.807, 2.05) is 13.8 Å². The van der Waals surface area contributed by atoms with E-state index >= 15 is 0 Å². The fraction of sp³-hybridized carbons (Fsp3) is 0.545. The van der Waals surface area contributed by atoms with E-state index in [-0.39, 0.29) is 30.0 Å². The monoisotopic (exact) mass is 469 g/mol. The minimum Gasteiger partial charge on any atom is -0.465 e. The van der Waals surface area contributed by atoms with Crippen LogP contribution in [0.3, 0.4) is 0 Å². The molecule has 0 saturated heterocycles. The van der Waals surface area contributed by atoms with E-state index in [1.54, 1.807) is 26.0 Å². The third-order valence-corrected chi connectivity index (χ3v) is 5.95. The molecule has 1 aliphatic heterocycles. The normalized spacial score (nSPS) is 16.5. The van der Waals surface area contributed by atoms with Crippen LogP contribution in [0.2, 0.25) is 10.0 Å². The number of carbonyl (C=O) groups excluding carboxylic acids is 3. The van der Waals surface area contributed by atoms with Crippen LogP contribution in [-0.2, 0) is 19.1 Å². The van der Waals surface area contributed by atoms with Gasteiger partial charge in [-0.3, -0.25) is 14.4 Å². The second-order valence-electron chi connectivity index (χ2n) is 8.02. The number of hydrazone groups is 1. The van der Waals surface area contributed by atoms with E-state index in [9.17, 15) is 14.4 Å². The number of anilines is 1. The van der Waals surface area contributed by atoms with Crippen molar-refractivity contribution in [3.63, 3.8) is 0 Å². The highest BCUT2D eigenvalue weighted by atomic mass is 35.5. The summed E-state index contributed by atoms with van der Waals surface area (Å²) in [6, 6.07) is 4.73. The molecule has 1 aliphatic rings. The van der Waals surface area contributed by atoms with Gasteiger partial charge < -0.3 is 10.1 Å². The zero-order valence-corrected chi connectivity index (χ0v) is 19.8. The lowest BCUT2D eigenvalue weighted by Crippen LogP contribution is -2.43. The molecule has 0 aliphatic carbocycles. The Balaban J connectivity index is 2.08. The van der Waals surface area contributed by atoms with Gasteiger partial charge in [-0.15, -0.1) is 0 Å². The molecule has 1 aromatic rings. The number of rotatable bonds is 9. The first-order valence-corrected chi connectivity index (χ1v) is 11.2. The summed E-state index contributed by atoms with van der Waals surface area (Å²) in [6.07, 6.45) is 2.52. The van der Waals surface area contributed by atoms with Gasteiger partial charge in [0.1, 0.15) is 5.84 Å². The predicted octanol–water partition coefficient (Wildman–Crippen LogP) is 4.95. The molecule has 2 rings (SSSR count). The molecule has 1 heterocycles. The van der Waals surface area contributed by atoms with E-state index < -0.39 is 11.3 Å². The Labute approximate surface area is 193 Å². The Morgan fingerprint density at radius 3 is 2.68 bits per heavy atom. The lowest BCUT2D eigenvalue weighted by molar-refractivity contribution is -0.149. The highest BCUT2D eigenvalue weighted by Crippen LogP contribution is 2.33. The molecular formula is C22H29Cl2N3O4. The number of benzene rings is 1. The van der Waals surface area contributed by atoms with Crippen molar-refractivity contribution in [1.82, 2.24) is 5.32 Å². The van der Waals surface area contributed by atoms with Crippen molar-refractivity contribution < 1.29 is 19.1 Å². The zero-order chi connectivity index (χ0) is 23.2. The summed E-state index contributed by atoms with van der Waals surface area (Å²) in [7, 11) is 0. The standard InChI is InChI=1S/C22H29Cl2N3O4/c1-5-7-10-31-20(29)14(3)13-22(4,6-2)21(30)25-18-12-19(28)27(26-18)17-11-15(23)8-9-16(17)24/h8-9,11,14H,5-7,10,12-13H2,1-4H3,(H,25,26,30). The molecule has 2 unspecified atom stereocenters. The average Bonchev–Trinajstić information content (AvgIpc) is 3.09. The third-order valence-electron chi connectivity index (χ3n) is 5.40. The van der Waals surface area contributed by atoms with Crippen LogP contribution in [0.4, 0.5) is 5.69 Å². The van der Waals surface area contributed by atoms with E-state index in [4.69, 9.17) is 27.9 Å². The summed E-state index contributed by atoms with van der Waals surface area (Å²) < 4.78 is 5.28. The van der Waals surface area contributed by atoms with Crippen LogP contribution in [0.15, 0.2) is 23.3 Å². The highest BCUT2D eigenvalue weighted by molar-refractivity contribution is 6.36. The molecule has 2 atom stereocenters. The number of amides is 2. The maximum atomic E-state index is 13.0. The summed E-state index contributed by atoms with van der Waals surface area (Å²) in [5.74, 6) is -1.14. The van der Waals surface area contributed by atoms with Crippen LogP contribution in [0.25, 0.3) is 0 Å². The van der Waals surface area contributed by atoms with E-state index in [0.717, 1.165) is 17.9 Å². The molecule has 2 amide bonds. The van der Waals surface area contributed by atoms with Crippen LogP contribution >= 0.6 is 23.2 Å². The second kappa shape index (κ2) is 11.0. The minimum atomic E-state index is -0.824. The first-order chi connectivity index (χ1) is 14.6. The number of ether oxygens (including phenoxy) is 1. The SMILES string of the molecule is CCCCOC(=O)C(C)CC(C)(CC)C(=O)NC1=NN(c2cc(Cl)ccc2Cl)C(=O)C1. The fourth-order valence-corrected chi connectivity index (χ4v) is 3.60. The van der Waals surface area contributed by atoms with E-state index in [0.29, 0.717) is 35.2 Å². The average molecular weight is 470 g/mol. The van der Waals surface area contributed by atoms with Gasteiger partial charge >= 0.3 is 5.97 Å². The van der Waals surface area contributed by atoms with Gasteiger partial charge in [-0.05, 0) is 37.5 Å². The van der Waals surface area contributed by atoms with Gasteiger partial charge in [-0.25, -0.2) is 0 Å². The Bertz CT molecular complexity index is 874. The minimum absolute atomic E-state index is 0.0665. The quantitative estimate of drug-likeness (QED) is 0.409. The molecule has 0 saturated carbocycles. The molecule has 170 valence electrons. The Morgan fingerprint density at radius 2 is 2.03 bits per heavy atom. The van der Waals surface area contributed by atoms with Crippen molar-refractivity contribution in [2.45, 2.75) is 59.8 Å². The molecule has 0 fully saturated rings. The maximum absolute atomic E-state index is 13.0. The Kier molecular flexibility index (Phi) is 8.89. The summed E-state index contributed by atoms with van der Waals surface area (Å²) in [5, 5.41) is 8.86. The van der Waals surface area contributed by atoms with Gasteiger partial charge in [0.2, 0.25) is 5.91 Å². The van der Waals surface area contributed by atoms with Crippen molar-refractivity contribution in [2.24, 2.45) is 16.4 Å². The highest BCUT2D eigenvalue weighted by Gasteiger charge is 2.37. The zero-order valence-electron chi connectivity index (χ0n) is 18.3. The number of amidine groups is 1. The summed E-state index contributed by atoms with van der Waals surface area (Å²) in [4.78, 5) is 37.7. The number of halogens is 2. The van der Waals surface area contributed by atoms with Gasteiger partial charge in [-0.2, -0.15) is 10.1 Å². The number of carbonyl (C=O) groups is 3. The summed E-state index contributed by atoms with van der Waals surface area (Å²) in [6.45, 7) is 7.84. The number of hydrogen-bond acceptors (Lipinski definition) is 5. The lowest BCUT2D eigenvalue weighted by Gasteiger charge is -2.29. The van der Waals surface area contributed by atoms with E-state index in [1.165, 1.54) is 6.07 Å². The van der Waals surface area contributed by atoms with Crippen LogP contribution < -0.4 is 10.3 Å². The van der Waals surface area contributed by atoms with Crippen LogP contribution in [-0.4, -0.2) is 30.2 Å². The molecule has 1 N–H and O–H groups in total. The van der Waals surface area contributed by atoms with Gasteiger partial charge in [0, 0.05) is 10.4 Å². The topological polar surface area (TPSA) is 88.1 Å². The van der Waals surface area contributed by atoms with Gasteiger partial charge in [0.15, 0.2) is 0 Å². The van der Waals surface area contributed by atoms with Crippen LogP contribution in [0.1, 0.15) is 59.8 Å². The van der Waals surface area contributed by atoms with Gasteiger partial charge in [-0.1, -0.05) is 57.3 Å². The third kappa shape index (κ3) is 6.43. The Morgan fingerprint density at radius 1 is 1.32 bits per heavy atom. The molecule has 1 aromatic carbocycles. The van der Waals surface area contributed by atoms with Crippen molar-refractivity contribution in [2.75, 3.05) is 11.6 Å². The fourth-order valence-electron chi connectivity index (χ4n) is 3.23. The van der Waals surface area contributed by atoms with Gasteiger partial charge in [0.05, 0.1) is 29.7 Å². The van der Waals surface area contributed by atoms with Crippen molar-refractivity contribution in [1.29, 1.82) is 0 Å². The lowest BCUT2D eigenvalue weighted by atomic mass is 9.78. The second-order valence-corrected chi connectivity index (χ2v) is 8.86. The molecule has 0 spiro atoms. The van der Waals surface area contributed by atoms with Crippen molar-refractivity contribution in [3.05, 3.63) is 28.2 Å². The molecular weight excluding hydrogens is 441 g/mol. The molecule has 31 heavy (non-hydrogen) atoms. The maximum Gasteiger partial charge on any atom is 0.308 e. The van der Waals surface area contributed by atoms with E-state index in [2.05, 4.69) is 10.4 Å². The first-order valence-electron chi connectivity index (χ1n) is 10.4. The number of nitrogens with zero attached hydrogens (tertiary/aromatic N) is 2. The van der Waals surface area contributed by atoms with Crippen LogP contribution in [0.5, 0.6) is 0 Å². The summed E-state index contributed by atoms with van der Waals surface area (Å²) >= 11 is 12.2. The molecule has 0 bridgehead atoms. The first kappa shape index (κ1) is 25.1. The largest absolute Gasteiger partial charge is 0.465 e.